The van der Waals surface area contributed by atoms with Gasteiger partial charge in [-0.25, -0.2) is 0 Å². The van der Waals surface area contributed by atoms with Crippen LogP contribution in [0.2, 0.25) is 0 Å². The number of fused-ring (bicyclic) bond motifs is 1. The van der Waals surface area contributed by atoms with Crippen LogP contribution in [0.4, 0.5) is 0 Å². The highest BCUT2D eigenvalue weighted by atomic mass is 127. The first-order valence-electron chi connectivity index (χ1n) is 5.37. The molecule has 0 aliphatic carbocycles. The van der Waals surface area contributed by atoms with Crippen LogP contribution in [-0.4, -0.2) is 46.8 Å². The van der Waals surface area contributed by atoms with Crippen molar-refractivity contribution in [2.24, 2.45) is 11.8 Å². The molecule has 3 aliphatic rings. The van der Waals surface area contributed by atoms with Gasteiger partial charge in [-0.05, 0) is 0 Å². The topological polar surface area (TPSA) is 102 Å². The molecule has 3 aliphatic heterocycles. The molecule has 7 nitrogen and oxygen atoms in total. The number of carbonyl (C=O) groups excluding carboxylic acids is 3. The molecule has 0 spiro atoms. The molecular formula is C10H8IO7-. The second kappa shape index (κ2) is 4.05. The third-order valence-corrected chi connectivity index (χ3v) is 4.18. The van der Waals surface area contributed by atoms with E-state index in [1.54, 1.807) is 0 Å². The van der Waals surface area contributed by atoms with Crippen LogP contribution < -0.4 is 5.11 Å². The summed E-state index contributed by atoms with van der Waals surface area (Å²) in [6.07, 6.45) is -3.02. The van der Waals surface area contributed by atoms with E-state index in [1.165, 1.54) is 0 Å². The van der Waals surface area contributed by atoms with E-state index >= 15 is 0 Å². The molecule has 3 heterocycles. The molecule has 0 aromatic heterocycles. The molecule has 8 heteroatoms. The minimum Gasteiger partial charge on any atom is -0.550 e. The lowest BCUT2D eigenvalue weighted by atomic mass is 9.78. The van der Waals surface area contributed by atoms with Crippen molar-refractivity contribution in [2.75, 3.05) is 4.43 Å². The molecule has 6 unspecified atom stereocenters. The molecule has 0 radical (unpaired) electrons. The molecule has 3 rings (SSSR count). The average molecular weight is 367 g/mol. The van der Waals surface area contributed by atoms with Crippen molar-refractivity contribution < 1.29 is 33.7 Å². The Balaban J connectivity index is 1.89. The van der Waals surface area contributed by atoms with Crippen molar-refractivity contribution in [1.82, 2.24) is 0 Å². The van der Waals surface area contributed by atoms with Gasteiger partial charge in [-0.3, -0.25) is 9.59 Å². The summed E-state index contributed by atoms with van der Waals surface area (Å²) >= 11 is 1.83. The third kappa shape index (κ3) is 1.48. The average Bonchev–Trinajstić information content (AvgIpc) is 2.91. The maximum Gasteiger partial charge on any atom is 0.316 e. The summed E-state index contributed by atoms with van der Waals surface area (Å²) in [5.41, 5.74) is 0. The van der Waals surface area contributed by atoms with Crippen LogP contribution in [0.3, 0.4) is 0 Å². The summed E-state index contributed by atoms with van der Waals surface area (Å²) in [6.45, 7) is 0. The first-order valence-corrected chi connectivity index (χ1v) is 6.89. The quantitative estimate of drug-likeness (QED) is 0.324. The molecule has 2 bridgehead atoms. The van der Waals surface area contributed by atoms with Crippen molar-refractivity contribution >= 4 is 40.5 Å². The van der Waals surface area contributed by atoms with Crippen molar-refractivity contribution in [2.45, 2.75) is 24.4 Å². The van der Waals surface area contributed by atoms with Gasteiger partial charge < -0.3 is 24.1 Å². The van der Waals surface area contributed by atoms with E-state index < -0.39 is 54.2 Å². The summed E-state index contributed by atoms with van der Waals surface area (Å²) < 4.78 is 15.7. The maximum atomic E-state index is 11.6. The van der Waals surface area contributed by atoms with E-state index in [2.05, 4.69) is 0 Å². The number of rotatable bonds is 3. The number of carboxylic acids is 1. The highest BCUT2D eigenvalue weighted by Crippen LogP contribution is 2.50. The lowest BCUT2D eigenvalue weighted by Gasteiger charge is -2.28. The van der Waals surface area contributed by atoms with E-state index in [-0.39, 0.29) is 4.43 Å². The van der Waals surface area contributed by atoms with Crippen molar-refractivity contribution in [1.29, 1.82) is 0 Å². The summed E-state index contributed by atoms with van der Waals surface area (Å²) in [4.78, 5) is 33.9. The molecule has 0 aromatic rings. The lowest BCUT2D eigenvalue weighted by Crippen LogP contribution is -2.51. The van der Waals surface area contributed by atoms with Crippen LogP contribution >= 0.6 is 22.6 Å². The standard InChI is InChI=1S/C10H9IO7/c11-1-2(12)16-7-5-3(9(13)14)4-6(17-5)8(7)18-10(4)15/h3-8H,1H2,(H,13,14)/p-1. The SMILES string of the molecule is O=C(CI)OC1C2OC(=O)C3C2OC1C3C(=O)[O-]. The first-order chi connectivity index (χ1) is 8.54. The summed E-state index contributed by atoms with van der Waals surface area (Å²) in [6, 6.07) is 0. The van der Waals surface area contributed by atoms with Crippen LogP contribution in [0.25, 0.3) is 0 Å². The number of alkyl halides is 1. The number of hydrogen-bond acceptors (Lipinski definition) is 7. The predicted molar refractivity (Wildman–Crippen MR) is 59.3 cm³/mol. The molecule has 3 fully saturated rings. The van der Waals surface area contributed by atoms with Crippen molar-refractivity contribution in [3.8, 4) is 0 Å². The first kappa shape index (κ1) is 12.2. The second-order valence-electron chi connectivity index (χ2n) is 4.43. The highest BCUT2D eigenvalue weighted by Gasteiger charge is 2.70. The summed E-state index contributed by atoms with van der Waals surface area (Å²) in [5, 5.41) is 11.1. The Morgan fingerprint density at radius 1 is 1.33 bits per heavy atom. The van der Waals surface area contributed by atoms with E-state index in [4.69, 9.17) is 14.2 Å². The zero-order valence-electron chi connectivity index (χ0n) is 8.91. The van der Waals surface area contributed by atoms with E-state index in [9.17, 15) is 19.5 Å². The Bertz CT molecular complexity index is 436. The second-order valence-corrected chi connectivity index (χ2v) is 5.19. The molecule has 0 aromatic carbocycles. The summed E-state index contributed by atoms with van der Waals surface area (Å²) in [5.74, 6) is -4.42. The van der Waals surface area contributed by atoms with E-state index in [0.717, 1.165) is 0 Å². The van der Waals surface area contributed by atoms with Gasteiger partial charge in [0.1, 0.15) is 12.2 Å². The minimum absolute atomic E-state index is 0.131. The molecule has 0 N–H and O–H groups in total. The minimum atomic E-state index is -1.37. The molecule has 18 heavy (non-hydrogen) atoms. The Morgan fingerprint density at radius 2 is 2.06 bits per heavy atom. The van der Waals surface area contributed by atoms with E-state index in [1.807, 2.05) is 22.6 Å². The normalized spacial score (nSPS) is 43.9. The van der Waals surface area contributed by atoms with E-state index in [0.29, 0.717) is 0 Å². The molecule has 0 saturated carbocycles. The zero-order valence-corrected chi connectivity index (χ0v) is 11.1. The van der Waals surface area contributed by atoms with Gasteiger partial charge in [-0.1, -0.05) is 22.6 Å². The van der Waals surface area contributed by atoms with Gasteiger partial charge in [0.2, 0.25) is 0 Å². The van der Waals surface area contributed by atoms with Crippen LogP contribution in [0, 0.1) is 11.8 Å². The van der Waals surface area contributed by atoms with Gasteiger partial charge in [0, 0.05) is 11.9 Å². The van der Waals surface area contributed by atoms with Crippen molar-refractivity contribution in [3.63, 3.8) is 0 Å². The fourth-order valence-corrected chi connectivity index (χ4v) is 3.10. The Hall–Kier alpha value is -0.900. The van der Waals surface area contributed by atoms with Gasteiger partial charge >= 0.3 is 11.9 Å². The van der Waals surface area contributed by atoms with Crippen LogP contribution in [0.5, 0.6) is 0 Å². The predicted octanol–water partition coefficient (Wildman–Crippen LogP) is -1.98. The fourth-order valence-electron chi connectivity index (χ4n) is 2.92. The Labute approximate surface area is 115 Å². The van der Waals surface area contributed by atoms with Gasteiger partial charge in [-0.2, -0.15) is 0 Å². The third-order valence-electron chi connectivity index (χ3n) is 3.55. The fraction of sp³-hybridized carbons (Fsp3) is 0.700. The van der Waals surface area contributed by atoms with Gasteiger partial charge in [-0.15, -0.1) is 0 Å². The largest absolute Gasteiger partial charge is 0.550 e. The summed E-state index contributed by atoms with van der Waals surface area (Å²) in [7, 11) is 0. The monoisotopic (exact) mass is 367 g/mol. The number of hydrogen-bond donors (Lipinski definition) is 0. The zero-order chi connectivity index (χ0) is 13.0. The Morgan fingerprint density at radius 3 is 2.67 bits per heavy atom. The molecular weight excluding hydrogens is 359 g/mol. The van der Waals surface area contributed by atoms with Gasteiger partial charge in [0.25, 0.3) is 0 Å². The molecule has 98 valence electrons. The number of carboxylic acid groups (broad SMARTS) is 1. The number of carbonyl (C=O) groups is 3. The number of esters is 2. The lowest BCUT2D eigenvalue weighted by molar-refractivity contribution is -0.314. The number of ether oxygens (including phenoxy) is 3. The van der Waals surface area contributed by atoms with Gasteiger partial charge in [0.05, 0.1) is 10.3 Å². The van der Waals surface area contributed by atoms with Crippen LogP contribution in [0.15, 0.2) is 0 Å². The molecule has 6 atom stereocenters. The van der Waals surface area contributed by atoms with Gasteiger partial charge in [0.15, 0.2) is 12.2 Å². The van der Waals surface area contributed by atoms with Crippen LogP contribution in [0.1, 0.15) is 0 Å². The van der Waals surface area contributed by atoms with Crippen molar-refractivity contribution in [3.05, 3.63) is 0 Å². The Kier molecular flexibility index (Phi) is 2.73. The maximum absolute atomic E-state index is 11.6. The van der Waals surface area contributed by atoms with Crippen LogP contribution in [-0.2, 0) is 28.6 Å². The molecule has 0 amide bonds. The molecule has 3 saturated heterocycles. The highest BCUT2D eigenvalue weighted by molar-refractivity contribution is 14.1. The smallest absolute Gasteiger partial charge is 0.316 e. The number of aliphatic carboxylic acids is 1. The number of halogens is 1.